The van der Waals surface area contributed by atoms with Crippen LogP contribution in [0.15, 0.2) is 18.2 Å². The molecular weight excluding hydrogens is 270 g/mol. The van der Waals surface area contributed by atoms with Gasteiger partial charge < -0.3 is 26.1 Å². The summed E-state index contributed by atoms with van der Waals surface area (Å²) in [6, 6.07) is 5.48. The Morgan fingerprint density at radius 1 is 1.52 bits per heavy atom. The van der Waals surface area contributed by atoms with Gasteiger partial charge in [0.2, 0.25) is 0 Å². The van der Waals surface area contributed by atoms with Crippen LogP contribution in [0.4, 0.5) is 4.79 Å². The Morgan fingerprint density at radius 2 is 2.38 bits per heavy atom. The number of fused-ring (bicyclic) bond motifs is 1. The van der Waals surface area contributed by atoms with E-state index in [4.69, 9.17) is 21.2 Å². The average molecular weight is 289 g/mol. The normalized spacial score (nSPS) is 18.2. The summed E-state index contributed by atoms with van der Waals surface area (Å²) >= 11 is 0. The van der Waals surface area contributed by atoms with Crippen LogP contribution in [0.3, 0.4) is 0 Å². The SMILES string of the molecule is NCCn1c(C2CCNC2)nc2c(OC(N)=O)cccc21. The van der Waals surface area contributed by atoms with Gasteiger partial charge in [0.05, 0.1) is 5.52 Å². The van der Waals surface area contributed by atoms with Gasteiger partial charge in [-0.25, -0.2) is 9.78 Å². The van der Waals surface area contributed by atoms with Crippen molar-refractivity contribution in [2.24, 2.45) is 11.5 Å². The fourth-order valence-corrected chi connectivity index (χ4v) is 2.88. The lowest BCUT2D eigenvalue weighted by Crippen LogP contribution is -2.16. The molecule has 1 amide bonds. The van der Waals surface area contributed by atoms with Gasteiger partial charge in [0.1, 0.15) is 11.3 Å². The van der Waals surface area contributed by atoms with Gasteiger partial charge in [0.25, 0.3) is 0 Å². The molecule has 21 heavy (non-hydrogen) atoms. The number of nitrogens with zero attached hydrogens (tertiary/aromatic N) is 2. The van der Waals surface area contributed by atoms with Crippen LogP contribution >= 0.6 is 0 Å². The number of nitrogens with one attached hydrogen (secondary N) is 1. The summed E-state index contributed by atoms with van der Waals surface area (Å²) in [7, 11) is 0. The first-order valence-corrected chi connectivity index (χ1v) is 7.08. The van der Waals surface area contributed by atoms with E-state index in [0.717, 1.165) is 30.9 Å². The number of benzene rings is 1. The molecule has 112 valence electrons. The third-order valence-corrected chi connectivity index (χ3v) is 3.76. The molecule has 1 aromatic heterocycles. The monoisotopic (exact) mass is 289 g/mol. The van der Waals surface area contributed by atoms with Crippen LogP contribution in [0.2, 0.25) is 0 Å². The summed E-state index contributed by atoms with van der Waals surface area (Å²) in [5.41, 5.74) is 12.4. The smallest absolute Gasteiger partial charge is 0.408 e. The molecular formula is C14H19N5O2. The lowest BCUT2D eigenvalue weighted by molar-refractivity contribution is 0.211. The van der Waals surface area contributed by atoms with Crippen molar-refractivity contribution in [3.05, 3.63) is 24.0 Å². The van der Waals surface area contributed by atoms with Crippen LogP contribution in [-0.2, 0) is 6.54 Å². The van der Waals surface area contributed by atoms with Crippen molar-refractivity contribution in [3.63, 3.8) is 0 Å². The highest BCUT2D eigenvalue weighted by atomic mass is 16.5. The summed E-state index contributed by atoms with van der Waals surface area (Å²) in [6.45, 7) is 3.10. The van der Waals surface area contributed by atoms with Crippen molar-refractivity contribution >= 4 is 17.1 Å². The second-order valence-corrected chi connectivity index (χ2v) is 5.15. The summed E-state index contributed by atoms with van der Waals surface area (Å²) in [5, 5.41) is 3.34. The maximum atomic E-state index is 11.0. The number of nitrogens with two attached hydrogens (primary N) is 2. The van der Waals surface area contributed by atoms with Crippen LogP contribution in [0.1, 0.15) is 18.2 Å². The summed E-state index contributed by atoms with van der Waals surface area (Å²) in [6.07, 6.45) is 0.208. The van der Waals surface area contributed by atoms with E-state index in [9.17, 15) is 4.79 Å². The van der Waals surface area contributed by atoms with Crippen LogP contribution in [0.5, 0.6) is 5.75 Å². The molecule has 1 unspecified atom stereocenters. The quantitative estimate of drug-likeness (QED) is 0.761. The number of carbonyl (C=O) groups is 1. The van der Waals surface area contributed by atoms with E-state index >= 15 is 0 Å². The lowest BCUT2D eigenvalue weighted by atomic mass is 10.1. The van der Waals surface area contributed by atoms with Gasteiger partial charge in [0, 0.05) is 25.6 Å². The highest BCUT2D eigenvalue weighted by molar-refractivity contribution is 5.85. The number of ether oxygens (including phenoxy) is 1. The zero-order valence-electron chi connectivity index (χ0n) is 11.7. The number of aromatic nitrogens is 2. The van der Waals surface area contributed by atoms with Crippen molar-refractivity contribution < 1.29 is 9.53 Å². The first-order valence-electron chi connectivity index (χ1n) is 7.08. The van der Waals surface area contributed by atoms with Crippen molar-refractivity contribution in [2.45, 2.75) is 18.9 Å². The third-order valence-electron chi connectivity index (χ3n) is 3.76. The number of imidazole rings is 1. The molecule has 2 heterocycles. The van der Waals surface area contributed by atoms with Gasteiger partial charge in [-0.2, -0.15) is 0 Å². The predicted molar refractivity (Wildman–Crippen MR) is 79.2 cm³/mol. The van der Waals surface area contributed by atoms with Crippen LogP contribution < -0.4 is 21.5 Å². The van der Waals surface area contributed by atoms with Gasteiger partial charge in [-0.15, -0.1) is 0 Å². The van der Waals surface area contributed by atoms with Crippen molar-refractivity contribution in [2.75, 3.05) is 19.6 Å². The molecule has 7 heteroatoms. The molecule has 7 nitrogen and oxygen atoms in total. The molecule has 5 N–H and O–H groups in total. The van der Waals surface area contributed by atoms with Gasteiger partial charge in [-0.3, -0.25) is 0 Å². The second-order valence-electron chi connectivity index (χ2n) is 5.15. The molecule has 0 aliphatic carbocycles. The first kappa shape index (κ1) is 13.8. The van der Waals surface area contributed by atoms with E-state index in [0.29, 0.717) is 30.3 Å². The molecule has 1 aliphatic rings. The molecule has 0 bridgehead atoms. The number of carbonyl (C=O) groups excluding carboxylic acids is 1. The Kier molecular flexibility index (Phi) is 3.76. The Balaban J connectivity index is 2.13. The molecule has 3 rings (SSSR count). The summed E-state index contributed by atoms with van der Waals surface area (Å²) < 4.78 is 7.16. The molecule has 2 aromatic rings. The molecule has 1 aliphatic heterocycles. The number of para-hydroxylation sites is 1. The summed E-state index contributed by atoms with van der Waals surface area (Å²) in [5.74, 6) is 1.73. The van der Waals surface area contributed by atoms with Crippen LogP contribution in [0.25, 0.3) is 11.0 Å². The minimum absolute atomic E-state index is 0.352. The van der Waals surface area contributed by atoms with Gasteiger partial charge in [-0.05, 0) is 25.1 Å². The van der Waals surface area contributed by atoms with E-state index in [1.54, 1.807) is 6.07 Å². The van der Waals surface area contributed by atoms with Gasteiger partial charge >= 0.3 is 6.09 Å². The minimum atomic E-state index is -0.833. The number of amides is 1. The summed E-state index contributed by atoms with van der Waals surface area (Å²) in [4.78, 5) is 15.7. The van der Waals surface area contributed by atoms with E-state index in [-0.39, 0.29) is 0 Å². The second kappa shape index (κ2) is 5.71. The van der Waals surface area contributed by atoms with E-state index in [2.05, 4.69) is 9.88 Å². The fraction of sp³-hybridized carbons (Fsp3) is 0.429. The molecule has 0 saturated carbocycles. The Morgan fingerprint density at radius 3 is 3.05 bits per heavy atom. The third kappa shape index (κ3) is 2.57. The fourth-order valence-electron chi connectivity index (χ4n) is 2.88. The highest BCUT2D eigenvalue weighted by Crippen LogP contribution is 2.30. The largest absolute Gasteiger partial charge is 0.410 e. The topological polar surface area (TPSA) is 108 Å². The number of hydrogen-bond donors (Lipinski definition) is 3. The lowest BCUT2D eigenvalue weighted by Gasteiger charge is -2.12. The average Bonchev–Trinajstić information content (AvgIpc) is 3.07. The number of hydrogen-bond acceptors (Lipinski definition) is 5. The van der Waals surface area contributed by atoms with Gasteiger partial charge in [0.15, 0.2) is 5.75 Å². The molecule has 0 radical (unpaired) electrons. The highest BCUT2D eigenvalue weighted by Gasteiger charge is 2.24. The zero-order chi connectivity index (χ0) is 14.8. The van der Waals surface area contributed by atoms with Crippen molar-refractivity contribution in [1.82, 2.24) is 14.9 Å². The van der Waals surface area contributed by atoms with Crippen molar-refractivity contribution in [3.8, 4) is 5.75 Å². The van der Waals surface area contributed by atoms with Crippen LogP contribution in [-0.4, -0.2) is 35.3 Å². The molecule has 0 spiro atoms. The maximum absolute atomic E-state index is 11.0. The number of primary amides is 1. The molecule has 1 fully saturated rings. The minimum Gasteiger partial charge on any atom is -0.408 e. The van der Waals surface area contributed by atoms with Gasteiger partial charge in [-0.1, -0.05) is 6.07 Å². The molecule has 1 atom stereocenters. The van der Waals surface area contributed by atoms with E-state index in [1.807, 2.05) is 12.1 Å². The first-order chi connectivity index (χ1) is 10.2. The standard InChI is InChI=1S/C14H19N5O2/c15-5-7-19-10-2-1-3-11(21-14(16)20)12(10)18-13(19)9-4-6-17-8-9/h1-3,9,17H,4-8,15H2,(H2,16,20). The number of rotatable bonds is 4. The Hall–Kier alpha value is -2.12. The maximum Gasteiger partial charge on any atom is 0.410 e. The molecule has 1 aromatic carbocycles. The van der Waals surface area contributed by atoms with Crippen molar-refractivity contribution in [1.29, 1.82) is 0 Å². The zero-order valence-corrected chi connectivity index (χ0v) is 11.7. The van der Waals surface area contributed by atoms with E-state index < -0.39 is 6.09 Å². The van der Waals surface area contributed by atoms with Crippen LogP contribution in [0, 0.1) is 0 Å². The molecule has 1 saturated heterocycles. The van der Waals surface area contributed by atoms with E-state index in [1.165, 1.54) is 0 Å². The Labute approximate surface area is 122 Å². The predicted octanol–water partition coefficient (Wildman–Crippen LogP) is 0.529. The Bertz CT molecular complexity index is 661.